The Morgan fingerprint density at radius 2 is 1.68 bits per heavy atom. The first-order valence-corrected chi connectivity index (χ1v) is 5.38. The Morgan fingerprint density at radius 3 is 2.26 bits per heavy atom. The zero-order chi connectivity index (χ0) is 13.5. The lowest BCUT2D eigenvalue weighted by Crippen LogP contribution is -1.89. The van der Waals surface area contributed by atoms with Gasteiger partial charge in [0.15, 0.2) is 0 Å². The van der Waals surface area contributed by atoms with E-state index < -0.39 is 0 Å². The fraction of sp³-hybridized carbons (Fsp3) is 0. The van der Waals surface area contributed by atoms with Crippen LogP contribution < -0.4 is 4.74 Å². The molecule has 0 saturated carbocycles. The lowest BCUT2D eigenvalue weighted by molar-refractivity contribution is 0.442. The van der Waals surface area contributed by atoms with Gasteiger partial charge in [0.25, 0.3) is 0 Å². The first-order chi connectivity index (χ1) is 9.31. The van der Waals surface area contributed by atoms with Gasteiger partial charge in [-0.25, -0.2) is 9.97 Å². The zero-order valence-corrected chi connectivity index (χ0v) is 9.82. The molecular formula is C14H8N4O. The molecule has 0 unspecified atom stereocenters. The molecule has 90 valence electrons. The molecule has 0 aliphatic rings. The van der Waals surface area contributed by atoms with Gasteiger partial charge in [-0.1, -0.05) is 12.1 Å². The van der Waals surface area contributed by atoms with Gasteiger partial charge in [0, 0.05) is 12.4 Å². The second-order valence-corrected chi connectivity index (χ2v) is 3.48. The lowest BCUT2D eigenvalue weighted by atomic mass is 10.1. The van der Waals surface area contributed by atoms with Gasteiger partial charge in [0.1, 0.15) is 23.5 Å². The number of hydrogen-bond acceptors (Lipinski definition) is 5. The first-order valence-electron chi connectivity index (χ1n) is 5.38. The van der Waals surface area contributed by atoms with Crippen LogP contribution in [0.1, 0.15) is 5.56 Å². The second kappa shape index (κ2) is 5.95. The molecule has 0 saturated heterocycles. The van der Waals surface area contributed by atoms with E-state index in [2.05, 4.69) is 9.97 Å². The van der Waals surface area contributed by atoms with Crippen molar-refractivity contribution in [3.8, 4) is 23.9 Å². The van der Waals surface area contributed by atoms with E-state index in [-0.39, 0.29) is 11.6 Å². The van der Waals surface area contributed by atoms with Crippen molar-refractivity contribution in [1.29, 1.82) is 10.5 Å². The quantitative estimate of drug-likeness (QED) is 0.780. The standard InChI is InChI=1S/C14H8N4O/c15-9-12(10-16)8-11-2-4-13(5-3-11)19-14-17-6-1-7-18-14/h1-8H. The van der Waals surface area contributed by atoms with E-state index >= 15 is 0 Å². The summed E-state index contributed by atoms with van der Waals surface area (Å²) in [5.74, 6) is 0.582. The van der Waals surface area contributed by atoms with Crippen LogP contribution in [0.25, 0.3) is 6.08 Å². The van der Waals surface area contributed by atoms with E-state index in [0.717, 1.165) is 5.56 Å². The minimum Gasteiger partial charge on any atom is -0.424 e. The number of nitriles is 2. The van der Waals surface area contributed by atoms with Crippen LogP contribution in [-0.4, -0.2) is 9.97 Å². The third-order valence-electron chi connectivity index (χ3n) is 2.18. The van der Waals surface area contributed by atoms with Crippen LogP contribution in [0.5, 0.6) is 11.8 Å². The molecule has 0 aliphatic carbocycles. The zero-order valence-electron chi connectivity index (χ0n) is 9.82. The molecule has 0 N–H and O–H groups in total. The van der Waals surface area contributed by atoms with Crippen molar-refractivity contribution in [2.75, 3.05) is 0 Å². The van der Waals surface area contributed by atoms with Crippen molar-refractivity contribution in [3.05, 3.63) is 53.9 Å². The molecule has 0 bridgehead atoms. The molecule has 0 atom stereocenters. The van der Waals surface area contributed by atoms with E-state index in [9.17, 15) is 0 Å². The largest absolute Gasteiger partial charge is 0.424 e. The molecule has 1 heterocycles. The normalized spacial score (nSPS) is 8.95. The second-order valence-electron chi connectivity index (χ2n) is 3.48. The molecule has 0 spiro atoms. The lowest BCUT2D eigenvalue weighted by Gasteiger charge is -2.02. The third kappa shape index (κ3) is 3.39. The van der Waals surface area contributed by atoms with Crippen molar-refractivity contribution >= 4 is 6.08 Å². The van der Waals surface area contributed by atoms with Crippen molar-refractivity contribution in [2.24, 2.45) is 0 Å². The maximum absolute atomic E-state index is 8.65. The molecule has 0 fully saturated rings. The fourth-order valence-electron chi connectivity index (χ4n) is 1.33. The van der Waals surface area contributed by atoms with E-state index in [0.29, 0.717) is 5.75 Å². The van der Waals surface area contributed by atoms with E-state index in [4.69, 9.17) is 15.3 Å². The summed E-state index contributed by atoms with van der Waals surface area (Å²) in [6.07, 6.45) is 4.68. The maximum Gasteiger partial charge on any atom is 0.321 e. The van der Waals surface area contributed by atoms with Crippen LogP contribution in [-0.2, 0) is 0 Å². The van der Waals surface area contributed by atoms with Crippen LogP contribution in [0.4, 0.5) is 0 Å². The highest BCUT2D eigenvalue weighted by molar-refractivity contribution is 5.62. The Balaban J connectivity index is 2.14. The highest BCUT2D eigenvalue weighted by Crippen LogP contribution is 2.18. The summed E-state index contributed by atoms with van der Waals surface area (Å²) in [5, 5.41) is 17.3. The molecule has 0 amide bonds. The topological polar surface area (TPSA) is 82.6 Å². The Morgan fingerprint density at radius 1 is 1.05 bits per heavy atom. The van der Waals surface area contributed by atoms with E-state index in [1.807, 2.05) is 0 Å². The van der Waals surface area contributed by atoms with E-state index in [1.165, 1.54) is 6.08 Å². The Labute approximate surface area is 110 Å². The van der Waals surface area contributed by atoms with Crippen molar-refractivity contribution < 1.29 is 4.74 Å². The van der Waals surface area contributed by atoms with Gasteiger partial charge < -0.3 is 4.74 Å². The molecule has 5 nitrogen and oxygen atoms in total. The molecule has 2 rings (SSSR count). The summed E-state index contributed by atoms with van der Waals surface area (Å²) < 4.78 is 5.42. The molecule has 19 heavy (non-hydrogen) atoms. The minimum atomic E-state index is 0.0556. The average Bonchev–Trinajstić information content (AvgIpc) is 2.47. The van der Waals surface area contributed by atoms with Gasteiger partial charge >= 0.3 is 6.01 Å². The summed E-state index contributed by atoms with van der Waals surface area (Å²) in [5.41, 5.74) is 0.805. The predicted molar refractivity (Wildman–Crippen MR) is 67.8 cm³/mol. The van der Waals surface area contributed by atoms with Crippen molar-refractivity contribution in [1.82, 2.24) is 9.97 Å². The fourth-order valence-corrected chi connectivity index (χ4v) is 1.33. The van der Waals surface area contributed by atoms with Crippen LogP contribution in [0.3, 0.4) is 0 Å². The van der Waals surface area contributed by atoms with Gasteiger partial charge in [-0.3, -0.25) is 0 Å². The molecule has 1 aromatic heterocycles. The van der Waals surface area contributed by atoms with Crippen LogP contribution >= 0.6 is 0 Å². The monoisotopic (exact) mass is 248 g/mol. The van der Waals surface area contributed by atoms with E-state index in [1.54, 1.807) is 54.9 Å². The molecular weight excluding hydrogens is 240 g/mol. The summed E-state index contributed by atoms with van der Waals surface area (Å²) >= 11 is 0. The molecule has 2 aromatic rings. The summed E-state index contributed by atoms with van der Waals surface area (Å²) in [4.78, 5) is 7.88. The summed E-state index contributed by atoms with van der Waals surface area (Å²) in [6, 6.07) is 12.5. The number of aromatic nitrogens is 2. The van der Waals surface area contributed by atoms with Crippen molar-refractivity contribution in [2.45, 2.75) is 0 Å². The Bertz CT molecular complexity index is 647. The Hall–Kier alpha value is -3.18. The number of hydrogen-bond donors (Lipinski definition) is 0. The van der Waals surface area contributed by atoms with Crippen LogP contribution in [0.15, 0.2) is 48.3 Å². The third-order valence-corrected chi connectivity index (χ3v) is 2.18. The molecule has 1 aromatic carbocycles. The molecule has 0 radical (unpaired) electrons. The highest BCUT2D eigenvalue weighted by atomic mass is 16.5. The SMILES string of the molecule is N#CC(C#N)=Cc1ccc(Oc2ncccn2)cc1. The predicted octanol–water partition coefficient (Wildman–Crippen LogP) is 2.70. The van der Waals surface area contributed by atoms with Gasteiger partial charge in [0.05, 0.1) is 0 Å². The van der Waals surface area contributed by atoms with Gasteiger partial charge in [-0.2, -0.15) is 10.5 Å². The first kappa shape index (κ1) is 12.3. The van der Waals surface area contributed by atoms with Crippen LogP contribution in [0.2, 0.25) is 0 Å². The number of benzene rings is 1. The van der Waals surface area contributed by atoms with Crippen molar-refractivity contribution in [3.63, 3.8) is 0 Å². The number of allylic oxidation sites excluding steroid dienone is 1. The summed E-state index contributed by atoms with van der Waals surface area (Å²) in [6.45, 7) is 0. The van der Waals surface area contributed by atoms with Gasteiger partial charge in [-0.05, 0) is 29.8 Å². The molecule has 5 heteroatoms. The average molecular weight is 248 g/mol. The number of ether oxygens (including phenoxy) is 1. The van der Waals surface area contributed by atoms with Crippen LogP contribution in [0, 0.1) is 22.7 Å². The summed E-state index contributed by atoms with van der Waals surface area (Å²) in [7, 11) is 0. The van der Waals surface area contributed by atoms with Gasteiger partial charge in [-0.15, -0.1) is 0 Å². The Kier molecular flexibility index (Phi) is 3.84. The minimum absolute atomic E-state index is 0.0556. The molecule has 0 aliphatic heterocycles. The maximum atomic E-state index is 8.65. The number of rotatable bonds is 3. The number of nitrogens with zero attached hydrogens (tertiary/aromatic N) is 4. The highest BCUT2D eigenvalue weighted by Gasteiger charge is 1.99. The van der Waals surface area contributed by atoms with Gasteiger partial charge in [0.2, 0.25) is 0 Å². The smallest absolute Gasteiger partial charge is 0.321 e.